The normalized spacial score (nSPS) is 18.6. The second kappa shape index (κ2) is 8.30. The van der Waals surface area contributed by atoms with Gasteiger partial charge in [0.05, 0.1) is 23.7 Å². The molecule has 7 nitrogen and oxygen atoms in total. The molecule has 29 heavy (non-hydrogen) atoms. The van der Waals surface area contributed by atoms with Gasteiger partial charge in [0.2, 0.25) is 15.9 Å². The maximum atomic E-state index is 13.0. The molecule has 4 rings (SSSR count). The van der Waals surface area contributed by atoms with Crippen LogP contribution in [0.1, 0.15) is 36.3 Å². The molecule has 1 fully saturated rings. The summed E-state index contributed by atoms with van der Waals surface area (Å²) in [7, 11) is -3.52. The number of amides is 1. The zero-order chi connectivity index (χ0) is 20.4. The van der Waals surface area contributed by atoms with Crippen LogP contribution in [-0.4, -0.2) is 56.3 Å². The van der Waals surface area contributed by atoms with Crippen LogP contribution in [0.4, 0.5) is 0 Å². The van der Waals surface area contributed by atoms with Crippen molar-refractivity contribution >= 4 is 15.9 Å². The first-order chi connectivity index (χ1) is 13.9. The molecule has 1 aromatic heterocycles. The fraction of sp³-hybridized carbons (Fsp3) is 0.476. The highest BCUT2D eigenvalue weighted by Crippen LogP contribution is 2.26. The molecule has 1 aromatic carbocycles. The van der Waals surface area contributed by atoms with Crippen LogP contribution in [-0.2, 0) is 27.7 Å². The Morgan fingerprint density at radius 2 is 1.90 bits per heavy atom. The van der Waals surface area contributed by atoms with Crippen LogP contribution in [0.2, 0.25) is 0 Å². The monoisotopic (exact) mass is 417 g/mol. The van der Waals surface area contributed by atoms with Crippen molar-refractivity contribution in [2.24, 2.45) is 0 Å². The Hall–Kier alpha value is -2.16. The fourth-order valence-electron chi connectivity index (χ4n) is 4.03. The molecular weight excluding hydrogens is 390 g/mol. The third-order valence-electron chi connectivity index (χ3n) is 5.83. The van der Waals surface area contributed by atoms with E-state index in [1.54, 1.807) is 17.2 Å². The Bertz CT molecular complexity index is 964. The number of nitrogens with zero attached hydrogens (tertiary/aromatic N) is 2. The minimum Gasteiger partial charge on any atom is -0.468 e. The van der Waals surface area contributed by atoms with Crippen LogP contribution in [0.25, 0.3) is 0 Å². The minimum absolute atomic E-state index is 0.0296. The number of sulfonamides is 1. The molecule has 1 aliphatic carbocycles. The van der Waals surface area contributed by atoms with Crippen LogP contribution >= 0.6 is 0 Å². The van der Waals surface area contributed by atoms with Crippen molar-refractivity contribution < 1.29 is 17.6 Å². The van der Waals surface area contributed by atoms with Gasteiger partial charge in [-0.25, -0.2) is 8.42 Å². The Kier molecular flexibility index (Phi) is 5.76. The number of hydrogen-bond donors (Lipinski definition) is 1. The molecule has 0 bridgehead atoms. The van der Waals surface area contributed by atoms with Gasteiger partial charge >= 0.3 is 0 Å². The minimum atomic E-state index is -3.52. The number of aryl methyl sites for hydroxylation is 2. The van der Waals surface area contributed by atoms with Gasteiger partial charge in [-0.15, -0.1) is 0 Å². The van der Waals surface area contributed by atoms with Crippen molar-refractivity contribution in [1.82, 2.24) is 14.5 Å². The molecule has 8 heteroatoms. The summed E-state index contributed by atoms with van der Waals surface area (Å²) in [5, 5.41) is 3.16. The van der Waals surface area contributed by atoms with Gasteiger partial charge in [0, 0.05) is 26.2 Å². The predicted molar refractivity (Wildman–Crippen MR) is 109 cm³/mol. The highest BCUT2D eigenvalue weighted by molar-refractivity contribution is 7.89. The lowest BCUT2D eigenvalue weighted by molar-refractivity contribution is -0.131. The molecule has 1 atom stereocenters. The van der Waals surface area contributed by atoms with Crippen LogP contribution < -0.4 is 5.32 Å². The third kappa shape index (κ3) is 4.24. The topological polar surface area (TPSA) is 82.9 Å². The summed E-state index contributed by atoms with van der Waals surface area (Å²) in [5.41, 5.74) is 2.41. The molecule has 1 saturated heterocycles. The van der Waals surface area contributed by atoms with Crippen molar-refractivity contribution in [3.8, 4) is 0 Å². The van der Waals surface area contributed by atoms with Crippen molar-refractivity contribution in [1.29, 1.82) is 0 Å². The van der Waals surface area contributed by atoms with Crippen molar-refractivity contribution in [3.05, 3.63) is 53.5 Å². The number of piperazine rings is 1. The molecule has 0 spiro atoms. The highest BCUT2D eigenvalue weighted by Gasteiger charge is 2.30. The molecule has 2 aliphatic rings. The van der Waals surface area contributed by atoms with E-state index in [2.05, 4.69) is 5.32 Å². The number of furan rings is 1. The van der Waals surface area contributed by atoms with E-state index in [1.807, 2.05) is 31.2 Å². The van der Waals surface area contributed by atoms with Gasteiger partial charge in [0.25, 0.3) is 0 Å². The summed E-state index contributed by atoms with van der Waals surface area (Å²) in [4.78, 5) is 14.6. The lowest BCUT2D eigenvalue weighted by Crippen LogP contribution is -2.52. The summed E-state index contributed by atoms with van der Waals surface area (Å²) >= 11 is 0. The Morgan fingerprint density at radius 3 is 2.62 bits per heavy atom. The molecule has 1 N–H and O–H groups in total. The van der Waals surface area contributed by atoms with Gasteiger partial charge in [-0.1, -0.05) is 6.07 Å². The SMILES string of the molecule is C[C@H](NCC(=O)N1CCN(S(=O)(=O)c2ccc3c(c2)CCC3)CC1)c1ccco1. The lowest BCUT2D eigenvalue weighted by atomic mass is 10.1. The third-order valence-corrected chi connectivity index (χ3v) is 7.72. The molecular formula is C21H27N3O4S. The quantitative estimate of drug-likeness (QED) is 0.777. The van der Waals surface area contributed by atoms with E-state index in [-0.39, 0.29) is 18.5 Å². The standard InChI is InChI=1S/C21H27N3O4S/c1-16(20-6-3-13-28-20)22-15-21(25)23-9-11-24(12-10-23)29(26,27)19-8-7-17-4-2-5-18(17)14-19/h3,6-8,13-14,16,22H,2,4-5,9-12,15H2,1H3/t16-/m0/s1. The summed E-state index contributed by atoms with van der Waals surface area (Å²) < 4.78 is 32.8. The van der Waals surface area contributed by atoms with E-state index < -0.39 is 10.0 Å². The van der Waals surface area contributed by atoms with E-state index in [0.717, 1.165) is 30.6 Å². The number of fused-ring (bicyclic) bond motifs is 1. The number of rotatable bonds is 6. The summed E-state index contributed by atoms with van der Waals surface area (Å²) in [5.74, 6) is 0.751. The van der Waals surface area contributed by atoms with E-state index >= 15 is 0 Å². The first-order valence-electron chi connectivity index (χ1n) is 10.1. The zero-order valence-corrected chi connectivity index (χ0v) is 17.5. The molecule has 1 amide bonds. The molecule has 156 valence electrons. The van der Waals surface area contributed by atoms with Crippen molar-refractivity contribution in [2.75, 3.05) is 32.7 Å². The van der Waals surface area contributed by atoms with Gasteiger partial charge in [-0.05, 0) is 61.6 Å². The number of carbonyl (C=O) groups is 1. The van der Waals surface area contributed by atoms with Gasteiger partial charge in [-0.2, -0.15) is 4.31 Å². The second-order valence-corrected chi connectivity index (χ2v) is 9.62. The number of carbonyl (C=O) groups excluding carboxylic acids is 1. The first-order valence-corrected chi connectivity index (χ1v) is 11.6. The summed E-state index contributed by atoms with van der Waals surface area (Å²) in [6.45, 7) is 3.57. The first kappa shape index (κ1) is 20.1. The van der Waals surface area contributed by atoms with Gasteiger partial charge in [0.15, 0.2) is 0 Å². The largest absolute Gasteiger partial charge is 0.468 e. The van der Waals surface area contributed by atoms with E-state index in [1.165, 1.54) is 9.87 Å². The van der Waals surface area contributed by atoms with Crippen LogP contribution in [0.3, 0.4) is 0 Å². The summed E-state index contributed by atoms with van der Waals surface area (Å²) in [6.07, 6.45) is 4.68. The van der Waals surface area contributed by atoms with Crippen LogP contribution in [0, 0.1) is 0 Å². The molecule has 2 heterocycles. The zero-order valence-electron chi connectivity index (χ0n) is 16.6. The molecule has 1 aliphatic heterocycles. The number of benzene rings is 1. The number of hydrogen-bond acceptors (Lipinski definition) is 5. The Morgan fingerprint density at radius 1 is 1.14 bits per heavy atom. The van der Waals surface area contributed by atoms with Crippen LogP contribution in [0.15, 0.2) is 45.9 Å². The molecule has 0 unspecified atom stereocenters. The van der Waals surface area contributed by atoms with E-state index in [0.29, 0.717) is 31.1 Å². The lowest BCUT2D eigenvalue weighted by Gasteiger charge is -2.34. The Balaban J connectivity index is 1.32. The van der Waals surface area contributed by atoms with Crippen LogP contribution in [0.5, 0.6) is 0 Å². The maximum Gasteiger partial charge on any atom is 0.243 e. The Labute approximate surface area is 171 Å². The highest BCUT2D eigenvalue weighted by atomic mass is 32.2. The van der Waals surface area contributed by atoms with Gasteiger partial charge in [0.1, 0.15) is 5.76 Å². The number of nitrogens with one attached hydrogen (secondary N) is 1. The average molecular weight is 418 g/mol. The molecule has 0 saturated carbocycles. The summed E-state index contributed by atoms with van der Waals surface area (Å²) in [6, 6.07) is 9.11. The second-order valence-electron chi connectivity index (χ2n) is 7.69. The molecule has 2 aromatic rings. The maximum absolute atomic E-state index is 13.0. The predicted octanol–water partition coefficient (Wildman–Crippen LogP) is 1.95. The van der Waals surface area contributed by atoms with E-state index in [9.17, 15) is 13.2 Å². The van der Waals surface area contributed by atoms with Crippen molar-refractivity contribution in [3.63, 3.8) is 0 Å². The van der Waals surface area contributed by atoms with E-state index in [4.69, 9.17) is 4.42 Å². The van der Waals surface area contributed by atoms with Gasteiger partial charge < -0.3 is 9.32 Å². The fourth-order valence-corrected chi connectivity index (χ4v) is 5.50. The van der Waals surface area contributed by atoms with Crippen molar-refractivity contribution in [2.45, 2.75) is 37.1 Å². The van der Waals surface area contributed by atoms with Gasteiger partial charge in [-0.3, -0.25) is 10.1 Å². The smallest absolute Gasteiger partial charge is 0.243 e. The average Bonchev–Trinajstić information content (AvgIpc) is 3.43. The molecule has 0 radical (unpaired) electrons.